The number of rotatable bonds is 10. The lowest BCUT2D eigenvalue weighted by molar-refractivity contribution is -0.123. The van der Waals surface area contributed by atoms with Crippen molar-refractivity contribution in [3.05, 3.63) is 30.0 Å². The van der Waals surface area contributed by atoms with Gasteiger partial charge in [0.15, 0.2) is 17.3 Å². The van der Waals surface area contributed by atoms with Gasteiger partial charge in [-0.3, -0.25) is 4.79 Å². The average molecular weight is 388 g/mol. The smallest absolute Gasteiger partial charge is 0.232 e. The Morgan fingerprint density at radius 2 is 1.96 bits per heavy atom. The predicted molar refractivity (Wildman–Crippen MR) is 105 cm³/mol. The molecule has 1 amide bonds. The molecule has 1 aliphatic carbocycles. The van der Waals surface area contributed by atoms with Crippen LogP contribution in [0.3, 0.4) is 0 Å². The van der Waals surface area contributed by atoms with E-state index >= 15 is 0 Å². The Hall–Kier alpha value is -2.54. The van der Waals surface area contributed by atoms with Gasteiger partial charge in [0.25, 0.3) is 0 Å². The fraction of sp³-hybridized carbons (Fsp3) is 0.524. The Kier molecular flexibility index (Phi) is 6.24. The van der Waals surface area contributed by atoms with Gasteiger partial charge in [0, 0.05) is 24.8 Å². The summed E-state index contributed by atoms with van der Waals surface area (Å²) in [6, 6.07) is 7.36. The molecule has 0 atom stereocenters. The molecule has 28 heavy (non-hydrogen) atoms. The highest BCUT2D eigenvalue weighted by molar-refractivity contribution is 5.91. The van der Waals surface area contributed by atoms with Crippen LogP contribution in [0.15, 0.2) is 28.8 Å². The van der Waals surface area contributed by atoms with Crippen LogP contribution in [0.2, 0.25) is 0 Å². The van der Waals surface area contributed by atoms with Crippen molar-refractivity contribution in [1.29, 1.82) is 0 Å². The van der Waals surface area contributed by atoms with Gasteiger partial charge >= 0.3 is 0 Å². The van der Waals surface area contributed by atoms with E-state index in [1.807, 2.05) is 38.1 Å². The maximum Gasteiger partial charge on any atom is 0.232 e. The standard InChI is InChI=1S/C21H28N2O5/c1-14(2)27-11-5-10-22-20(24)21(8-9-21)19-13-17(28-23-19)15-6-7-16(25-3)18(12-15)26-4/h6-7,12-14H,5,8-11H2,1-4H3,(H,22,24). The summed E-state index contributed by atoms with van der Waals surface area (Å²) in [5.41, 5.74) is 0.920. The van der Waals surface area contributed by atoms with Crippen LogP contribution in [-0.4, -0.2) is 44.5 Å². The molecule has 7 heteroatoms. The van der Waals surface area contributed by atoms with E-state index in [0.29, 0.717) is 36.1 Å². The molecule has 0 aliphatic heterocycles. The number of ether oxygens (including phenoxy) is 3. The van der Waals surface area contributed by atoms with Crippen molar-refractivity contribution >= 4 is 5.91 Å². The zero-order valence-electron chi connectivity index (χ0n) is 16.9. The van der Waals surface area contributed by atoms with Gasteiger partial charge in [0.1, 0.15) is 0 Å². The first-order chi connectivity index (χ1) is 13.5. The number of nitrogens with one attached hydrogen (secondary N) is 1. The molecule has 152 valence electrons. The molecule has 1 aromatic heterocycles. The number of carbonyl (C=O) groups is 1. The summed E-state index contributed by atoms with van der Waals surface area (Å²) in [6.45, 7) is 5.22. The van der Waals surface area contributed by atoms with Gasteiger partial charge in [-0.05, 0) is 51.3 Å². The van der Waals surface area contributed by atoms with Gasteiger partial charge < -0.3 is 24.1 Å². The molecule has 1 aliphatic rings. The molecule has 1 heterocycles. The van der Waals surface area contributed by atoms with E-state index in [0.717, 1.165) is 24.8 Å². The molecule has 2 aromatic rings. The number of benzene rings is 1. The molecule has 0 saturated heterocycles. The minimum Gasteiger partial charge on any atom is -0.493 e. The van der Waals surface area contributed by atoms with Gasteiger partial charge in [-0.2, -0.15) is 0 Å². The van der Waals surface area contributed by atoms with E-state index < -0.39 is 5.41 Å². The first-order valence-electron chi connectivity index (χ1n) is 9.59. The van der Waals surface area contributed by atoms with E-state index in [2.05, 4.69) is 10.5 Å². The molecule has 7 nitrogen and oxygen atoms in total. The van der Waals surface area contributed by atoms with Crippen molar-refractivity contribution in [2.75, 3.05) is 27.4 Å². The molecule has 1 aromatic carbocycles. The summed E-state index contributed by atoms with van der Waals surface area (Å²) >= 11 is 0. The third kappa shape index (κ3) is 4.30. The summed E-state index contributed by atoms with van der Waals surface area (Å²) in [5, 5.41) is 7.18. The summed E-state index contributed by atoms with van der Waals surface area (Å²) in [5.74, 6) is 1.86. The average Bonchev–Trinajstić information content (AvgIpc) is 3.36. The summed E-state index contributed by atoms with van der Waals surface area (Å²) in [6.07, 6.45) is 2.55. The highest BCUT2D eigenvalue weighted by Gasteiger charge is 2.53. The second-order valence-corrected chi connectivity index (χ2v) is 7.26. The van der Waals surface area contributed by atoms with Crippen LogP contribution in [-0.2, 0) is 14.9 Å². The van der Waals surface area contributed by atoms with Gasteiger partial charge in [-0.15, -0.1) is 0 Å². The zero-order valence-corrected chi connectivity index (χ0v) is 16.9. The molecule has 0 bridgehead atoms. The molecular formula is C21H28N2O5. The van der Waals surface area contributed by atoms with Crippen LogP contribution in [0.5, 0.6) is 11.5 Å². The third-order valence-electron chi connectivity index (χ3n) is 4.91. The minimum atomic E-state index is -0.572. The van der Waals surface area contributed by atoms with Crippen molar-refractivity contribution in [2.24, 2.45) is 0 Å². The van der Waals surface area contributed by atoms with E-state index in [4.69, 9.17) is 18.7 Å². The number of nitrogens with zero attached hydrogens (tertiary/aromatic N) is 1. The Labute approximate surface area is 165 Å². The van der Waals surface area contributed by atoms with Gasteiger partial charge in [0.2, 0.25) is 5.91 Å². The molecule has 0 unspecified atom stereocenters. The molecule has 1 N–H and O–H groups in total. The Morgan fingerprint density at radius 1 is 1.21 bits per heavy atom. The first kappa shape index (κ1) is 20.2. The maximum atomic E-state index is 12.7. The lowest BCUT2D eigenvalue weighted by Gasteiger charge is -2.13. The zero-order chi connectivity index (χ0) is 20.1. The number of hydrogen-bond acceptors (Lipinski definition) is 6. The topological polar surface area (TPSA) is 82.8 Å². The van der Waals surface area contributed by atoms with Crippen molar-refractivity contribution < 1.29 is 23.5 Å². The van der Waals surface area contributed by atoms with Crippen LogP contribution >= 0.6 is 0 Å². The highest BCUT2D eigenvalue weighted by Crippen LogP contribution is 2.48. The van der Waals surface area contributed by atoms with E-state index in [1.165, 1.54) is 0 Å². The van der Waals surface area contributed by atoms with Crippen LogP contribution in [0.4, 0.5) is 0 Å². The lowest BCUT2D eigenvalue weighted by atomic mass is 10.00. The van der Waals surface area contributed by atoms with Crippen molar-refractivity contribution in [3.8, 4) is 22.8 Å². The Morgan fingerprint density at radius 3 is 2.61 bits per heavy atom. The fourth-order valence-corrected chi connectivity index (χ4v) is 3.11. The molecule has 0 radical (unpaired) electrons. The monoisotopic (exact) mass is 388 g/mol. The van der Waals surface area contributed by atoms with Crippen LogP contribution in [0, 0.1) is 0 Å². The summed E-state index contributed by atoms with van der Waals surface area (Å²) < 4.78 is 21.6. The fourth-order valence-electron chi connectivity index (χ4n) is 3.11. The SMILES string of the molecule is COc1ccc(-c2cc(C3(C(=O)NCCCOC(C)C)CC3)no2)cc1OC. The van der Waals surface area contributed by atoms with Gasteiger partial charge in [-0.1, -0.05) is 5.16 Å². The van der Waals surface area contributed by atoms with E-state index in [1.54, 1.807) is 14.2 Å². The highest BCUT2D eigenvalue weighted by atomic mass is 16.5. The first-order valence-corrected chi connectivity index (χ1v) is 9.59. The normalized spacial score (nSPS) is 14.8. The number of methoxy groups -OCH3 is 2. The van der Waals surface area contributed by atoms with Crippen LogP contribution < -0.4 is 14.8 Å². The largest absolute Gasteiger partial charge is 0.493 e. The molecule has 1 saturated carbocycles. The van der Waals surface area contributed by atoms with E-state index in [-0.39, 0.29) is 12.0 Å². The van der Waals surface area contributed by atoms with Crippen LogP contribution in [0.1, 0.15) is 38.8 Å². The Balaban J connectivity index is 1.65. The quantitative estimate of drug-likeness (QED) is 0.629. The van der Waals surface area contributed by atoms with Gasteiger partial charge in [0.05, 0.1) is 31.4 Å². The predicted octanol–water partition coefficient (Wildman–Crippen LogP) is 3.32. The molecule has 3 rings (SSSR count). The summed E-state index contributed by atoms with van der Waals surface area (Å²) in [4.78, 5) is 12.7. The van der Waals surface area contributed by atoms with Gasteiger partial charge in [-0.25, -0.2) is 0 Å². The van der Waals surface area contributed by atoms with Crippen molar-refractivity contribution in [3.63, 3.8) is 0 Å². The molecular weight excluding hydrogens is 360 g/mol. The second-order valence-electron chi connectivity index (χ2n) is 7.26. The number of amides is 1. The third-order valence-corrected chi connectivity index (χ3v) is 4.91. The van der Waals surface area contributed by atoms with Crippen molar-refractivity contribution in [2.45, 2.75) is 44.6 Å². The lowest BCUT2D eigenvalue weighted by Crippen LogP contribution is -2.35. The summed E-state index contributed by atoms with van der Waals surface area (Å²) in [7, 11) is 3.18. The molecule has 1 fully saturated rings. The number of hydrogen-bond donors (Lipinski definition) is 1. The van der Waals surface area contributed by atoms with Crippen molar-refractivity contribution in [1.82, 2.24) is 10.5 Å². The Bertz CT molecular complexity index is 811. The maximum absolute atomic E-state index is 12.7. The number of aromatic nitrogens is 1. The molecule has 0 spiro atoms. The number of carbonyl (C=O) groups excluding carboxylic acids is 1. The second kappa shape index (κ2) is 8.65. The van der Waals surface area contributed by atoms with Crippen LogP contribution in [0.25, 0.3) is 11.3 Å². The minimum absolute atomic E-state index is 0.00390. The van der Waals surface area contributed by atoms with E-state index in [9.17, 15) is 4.79 Å².